The smallest absolute Gasteiger partial charge is 0.281 e. The molecule has 2 N–H and O–H groups in total. The van der Waals surface area contributed by atoms with Crippen LogP contribution in [0, 0.1) is 0 Å². The maximum absolute atomic E-state index is 12.2. The Balaban J connectivity index is 2.39. The van der Waals surface area contributed by atoms with E-state index in [1.807, 2.05) is 0 Å². The highest BCUT2D eigenvalue weighted by Gasteiger charge is 2.22. The van der Waals surface area contributed by atoms with Crippen LogP contribution in [0.5, 0.6) is 0 Å². The summed E-state index contributed by atoms with van der Waals surface area (Å²) < 4.78 is 25.6. The number of anilines is 2. The molecule has 0 aromatic carbocycles. The lowest BCUT2D eigenvalue weighted by Gasteiger charge is -2.18. The Morgan fingerprint density at radius 1 is 1.17 bits per heavy atom. The first-order valence-electron chi connectivity index (χ1n) is 5.13. The molecule has 2 aromatic heterocycles. The molecule has 94 valence electrons. The van der Waals surface area contributed by atoms with Gasteiger partial charge >= 0.3 is 0 Å². The number of hydrogen-bond acceptors (Lipinski definition) is 5. The second-order valence-corrected chi connectivity index (χ2v) is 5.50. The zero-order valence-electron chi connectivity index (χ0n) is 9.69. The Hall–Kier alpha value is -2.15. The summed E-state index contributed by atoms with van der Waals surface area (Å²) in [6.07, 6.45) is 2.83. The minimum Gasteiger partial charge on any atom is -0.384 e. The van der Waals surface area contributed by atoms with Gasteiger partial charge in [0.05, 0.1) is 11.9 Å². The molecule has 0 aliphatic carbocycles. The molecule has 2 rings (SSSR count). The molecule has 0 saturated heterocycles. The second kappa shape index (κ2) is 4.61. The van der Waals surface area contributed by atoms with E-state index in [2.05, 4.69) is 9.97 Å². The van der Waals surface area contributed by atoms with Gasteiger partial charge in [-0.25, -0.2) is 9.97 Å². The van der Waals surface area contributed by atoms with Gasteiger partial charge in [-0.1, -0.05) is 6.07 Å². The molecule has 2 aromatic rings. The number of hydrogen-bond donors (Lipinski definition) is 1. The predicted molar refractivity (Wildman–Crippen MR) is 68.5 cm³/mol. The molecule has 0 atom stereocenters. The zero-order chi connectivity index (χ0) is 13.2. The normalized spacial score (nSPS) is 11.2. The van der Waals surface area contributed by atoms with E-state index in [1.54, 1.807) is 24.3 Å². The van der Waals surface area contributed by atoms with Crippen LogP contribution in [0.4, 0.5) is 11.5 Å². The molecule has 0 spiro atoms. The number of rotatable bonds is 3. The third-order valence-electron chi connectivity index (χ3n) is 2.40. The van der Waals surface area contributed by atoms with Crippen LogP contribution in [0.3, 0.4) is 0 Å². The molecule has 0 unspecified atom stereocenters. The lowest BCUT2D eigenvalue weighted by Crippen LogP contribution is -2.27. The monoisotopic (exact) mass is 264 g/mol. The van der Waals surface area contributed by atoms with E-state index in [0.717, 1.165) is 4.31 Å². The first-order valence-corrected chi connectivity index (χ1v) is 6.57. The molecule has 0 aliphatic rings. The number of nitrogens with zero attached hydrogens (tertiary/aromatic N) is 3. The zero-order valence-corrected chi connectivity index (χ0v) is 10.5. The summed E-state index contributed by atoms with van der Waals surface area (Å²) in [6.45, 7) is 0. The number of aromatic nitrogens is 2. The summed E-state index contributed by atoms with van der Waals surface area (Å²) in [4.78, 5) is 7.70. The van der Waals surface area contributed by atoms with Gasteiger partial charge in [0.2, 0.25) is 0 Å². The molecule has 0 saturated carbocycles. The first kappa shape index (κ1) is 12.3. The predicted octanol–water partition coefficient (Wildman–Crippen LogP) is 0.884. The molecule has 2 heterocycles. The largest absolute Gasteiger partial charge is 0.384 e. The third-order valence-corrected chi connectivity index (χ3v) is 4.10. The average molecular weight is 264 g/mol. The van der Waals surface area contributed by atoms with E-state index in [1.165, 1.54) is 25.5 Å². The maximum atomic E-state index is 12.2. The van der Waals surface area contributed by atoms with Gasteiger partial charge in [-0.15, -0.1) is 0 Å². The highest BCUT2D eigenvalue weighted by Crippen LogP contribution is 2.19. The highest BCUT2D eigenvalue weighted by molar-refractivity contribution is 7.92. The van der Waals surface area contributed by atoms with Crippen molar-refractivity contribution in [2.45, 2.75) is 5.03 Å². The van der Waals surface area contributed by atoms with E-state index >= 15 is 0 Å². The van der Waals surface area contributed by atoms with E-state index in [9.17, 15) is 8.42 Å². The summed E-state index contributed by atoms with van der Waals surface area (Å²) in [7, 11) is -2.22. The molecular weight excluding hydrogens is 252 g/mol. The minimum atomic E-state index is -3.66. The number of nitrogen functional groups attached to an aromatic ring is 1. The van der Waals surface area contributed by atoms with Crippen molar-refractivity contribution >= 4 is 21.5 Å². The van der Waals surface area contributed by atoms with Gasteiger partial charge in [-0.05, 0) is 24.3 Å². The van der Waals surface area contributed by atoms with Crippen LogP contribution in [0.1, 0.15) is 0 Å². The van der Waals surface area contributed by atoms with Gasteiger partial charge in [-0.2, -0.15) is 8.42 Å². The van der Waals surface area contributed by atoms with Crippen LogP contribution in [0.25, 0.3) is 0 Å². The van der Waals surface area contributed by atoms with Crippen molar-refractivity contribution < 1.29 is 8.42 Å². The van der Waals surface area contributed by atoms with Crippen molar-refractivity contribution in [2.24, 2.45) is 0 Å². The third kappa shape index (κ3) is 2.25. The van der Waals surface area contributed by atoms with Crippen LogP contribution < -0.4 is 10.0 Å². The molecule has 0 bridgehead atoms. The Kier molecular flexibility index (Phi) is 3.15. The Morgan fingerprint density at radius 2 is 1.94 bits per heavy atom. The van der Waals surface area contributed by atoms with Crippen molar-refractivity contribution in [3.63, 3.8) is 0 Å². The van der Waals surface area contributed by atoms with Crippen molar-refractivity contribution in [1.82, 2.24) is 9.97 Å². The van der Waals surface area contributed by atoms with Crippen molar-refractivity contribution in [1.29, 1.82) is 0 Å². The fourth-order valence-electron chi connectivity index (χ4n) is 1.36. The lowest BCUT2D eigenvalue weighted by molar-refractivity contribution is 0.590. The maximum Gasteiger partial charge on any atom is 0.281 e. The Bertz CT molecular complexity index is 626. The second-order valence-electron chi connectivity index (χ2n) is 3.58. The quantitative estimate of drug-likeness (QED) is 0.889. The molecule has 7 heteroatoms. The topological polar surface area (TPSA) is 89.2 Å². The Morgan fingerprint density at radius 3 is 2.50 bits per heavy atom. The summed E-state index contributed by atoms with van der Waals surface area (Å²) in [5.74, 6) is 0.336. The molecule has 18 heavy (non-hydrogen) atoms. The van der Waals surface area contributed by atoms with Crippen LogP contribution >= 0.6 is 0 Å². The molecule has 0 fully saturated rings. The van der Waals surface area contributed by atoms with E-state index < -0.39 is 10.0 Å². The number of sulfonamides is 1. The van der Waals surface area contributed by atoms with Gasteiger partial charge in [0.15, 0.2) is 5.03 Å². The Labute approximate surface area is 105 Å². The standard InChI is InChI=1S/C11H12N4O2S/c1-15(9-5-6-10(12)14-8-9)18(16,17)11-4-2-3-7-13-11/h2-8H,1H3,(H2,12,14). The van der Waals surface area contributed by atoms with Crippen LogP contribution in [-0.2, 0) is 10.0 Å². The molecule has 6 nitrogen and oxygen atoms in total. The summed E-state index contributed by atoms with van der Waals surface area (Å²) >= 11 is 0. The number of pyridine rings is 2. The van der Waals surface area contributed by atoms with Crippen molar-refractivity contribution in [2.75, 3.05) is 17.1 Å². The fourth-order valence-corrected chi connectivity index (χ4v) is 2.47. The van der Waals surface area contributed by atoms with Gasteiger partial charge in [0.25, 0.3) is 10.0 Å². The van der Waals surface area contributed by atoms with E-state index in [-0.39, 0.29) is 5.03 Å². The van der Waals surface area contributed by atoms with E-state index in [4.69, 9.17) is 5.73 Å². The fraction of sp³-hybridized carbons (Fsp3) is 0.0909. The molecule has 0 radical (unpaired) electrons. The van der Waals surface area contributed by atoms with Gasteiger partial charge in [0, 0.05) is 13.2 Å². The van der Waals surface area contributed by atoms with Gasteiger partial charge < -0.3 is 5.73 Å². The van der Waals surface area contributed by atoms with E-state index in [0.29, 0.717) is 11.5 Å². The van der Waals surface area contributed by atoms with Gasteiger partial charge in [0.1, 0.15) is 5.82 Å². The van der Waals surface area contributed by atoms with Crippen LogP contribution in [-0.4, -0.2) is 25.4 Å². The summed E-state index contributed by atoms with van der Waals surface area (Å²) in [5.41, 5.74) is 5.88. The van der Waals surface area contributed by atoms with Crippen LogP contribution in [0.2, 0.25) is 0 Å². The number of nitrogens with two attached hydrogens (primary N) is 1. The summed E-state index contributed by atoms with van der Waals surface area (Å²) in [6, 6.07) is 7.85. The van der Waals surface area contributed by atoms with Crippen molar-refractivity contribution in [3.05, 3.63) is 42.7 Å². The average Bonchev–Trinajstić information content (AvgIpc) is 2.40. The minimum absolute atomic E-state index is 0.00988. The first-order chi connectivity index (χ1) is 8.51. The van der Waals surface area contributed by atoms with Crippen molar-refractivity contribution in [3.8, 4) is 0 Å². The highest BCUT2D eigenvalue weighted by atomic mass is 32.2. The molecular formula is C11H12N4O2S. The summed E-state index contributed by atoms with van der Waals surface area (Å²) in [5, 5.41) is -0.00988. The molecule has 0 amide bonds. The van der Waals surface area contributed by atoms with Gasteiger partial charge in [-0.3, -0.25) is 4.31 Å². The lowest BCUT2D eigenvalue weighted by atomic mass is 10.4. The SMILES string of the molecule is CN(c1ccc(N)nc1)S(=O)(=O)c1ccccn1. The van der Waals surface area contributed by atoms with Crippen LogP contribution in [0.15, 0.2) is 47.8 Å². The molecule has 0 aliphatic heterocycles.